The van der Waals surface area contributed by atoms with Gasteiger partial charge in [-0.25, -0.2) is 9.97 Å². The number of aromatic nitrogens is 2. The number of rotatable bonds is 3. The van der Waals surface area contributed by atoms with Gasteiger partial charge in [0.2, 0.25) is 5.95 Å². The zero-order valence-corrected chi connectivity index (χ0v) is 15.4. The van der Waals surface area contributed by atoms with Crippen LogP contribution in [0.2, 0.25) is 0 Å². The highest BCUT2D eigenvalue weighted by Crippen LogP contribution is 2.27. The molecule has 5 nitrogen and oxygen atoms in total. The van der Waals surface area contributed by atoms with Crippen molar-refractivity contribution in [3.05, 3.63) is 65.3 Å². The van der Waals surface area contributed by atoms with E-state index in [2.05, 4.69) is 33.2 Å². The molecule has 0 atom stereocenters. The Bertz CT molecular complexity index is 884. The molecular weight excluding hydrogens is 344 g/mol. The maximum Gasteiger partial charge on any atom is 0.253 e. The minimum atomic E-state index is 0.0903. The fourth-order valence-electron chi connectivity index (χ4n) is 3.11. The summed E-state index contributed by atoms with van der Waals surface area (Å²) in [6, 6.07) is 11.9. The van der Waals surface area contributed by atoms with Crippen LogP contribution in [0.5, 0.6) is 0 Å². The lowest BCUT2D eigenvalue weighted by Gasteiger charge is -2.34. The van der Waals surface area contributed by atoms with Crippen molar-refractivity contribution in [2.75, 3.05) is 31.1 Å². The Kier molecular flexibility index (Phi) is 4.67. The van der Waals surface area contributed by atoms with Gasteiger partial charge in [0.15, 0.2) is 0 Å². The predicted octanol–water partition coefficient (Wildman–Crippen LogP) is 3.48. The summed E-state index contributed by atoms with van der Waals surface area (Å²) in [4.78, 5) is 26.6. The van der Waals surface area contributed by atoms with Gasteiger partial charge in [-0.15, -0.1) is 11.3 Å². The van der Waals surface area contributed by atoms with Crippen LogP contribution in [0.15, 0.2) is 54.2 Å². The second kappa shape index (κ2) is 7.25. The fraction of sp³-hybridized carbons (Fsp3) is 0.250. The number of carbonyl (C=O) groups excluding carboxylic acids is 1. The Labute approximate surface area is 156 Å². The summed E-state index contributed by atoms with van der Waals surface area (Å²) in [5, 5.41) is 2.14. The van der Waals surface area contributed by atoms with E-state index < -0.39 is 0 Å². The molecule has 0 bridgehead atoms. The topological polar surface area (TPSA) is 49.3 Å². The molecule has 1 aliphatic rings. The number of amides is 1. The number of benzene rings is 1. The maximum absolute atomic E-state index is 12.8. The third-order valence-electron chi connectivity index (χ3n) is 4.55. The smallest absolute Gasteiger partial charge is 0.253 e. The quantitative estimate of drug-likeness (QED) is 0.714. The van der Waals surface area contributed by atoms with E-state index >= 15 is 0 Å². The van der Waals surface area contributed by atoms with Gasteiger partial charge in [-0.05, 0) is 47.7 Å². The summed E-state index contributed by atoms with van der Waals surface area (Å²) < 4.78 is 0. The zero-order valence-electron chi connectivity index (χ0n) is 14.6. The molecule has 1 amide bonds. The monoisotopic (exact) mass is 364 g/mol. The van der Waals surface area contributed by atoms with Crippen molar-refractivity contribution in [2.45, 2.75) is 6.92 Å². The summed E-state index contributed by atoms with van der Waals surface area (Å²) in [6.45, 7) is 4.97. The van der Waals surface area contributed by atoms with Gasteiger partial charge < -0.3 is 9.80 Å². The van der Waals surface area contributed by atoms with Gasteiger partial charge in [-0.1, -0.05) is 12.1 Å². The van der Waals surface area contributed by atoms with E-state index in [9.17, 15) is 4.79 Å². The first kappa shape index (κ1) is 16.7. The number of anilines is 1. The Morgan fingerprint density at radius 1 is 1.04 bits per heavy atom. The molecule has 1 aliphatic heterocycles. The molecule has 0 aliphatic carbocycles. The second-order valence-electron chi connectivity index (χ2n) is 6.39. The first-order chi connectivity index (χ1) is 12.7. The van der Waals surface area contributed by atoms with Crippen LogP contribution >= 0.6 is 11.3 Å². The van der Waals surface area contributed by atoms with Crippen LogP contribution < -0.4 is 4.90 Å². The molecule has 1 saturated heterocycles. The van der Waals surface area contributed by atoms with Gasteiger partial charge in [0.05, 0.1) is 0 Å². The Hall–Kier alpha value is -2.73. The van der Waals surface area contributed by atoms with Crippen molar-refractivity contribution in [1.29, 1.82) is 0 Å². The molecule has 132 valence electrons. The molecular formula is C20H20N4OS. The molecule has 0 N–H and O–H groups in total. The average molecular weight is 364 g/mol. The molecule has 3 heterocycles. The Morgan fingerprint density at radius 3 is 2.35 bits per heavy atom. The van der Waals surface area contributed by atoms with Crippen molar-refractivity contribution < 1.29 is 4.79 Å². The van der Waals surface area contributed by atoms with Crippen LogP contribution in [-0.4, -0.2) is 47.0 Å². The lowest BCUT2D eigenvalue weighted by Crippen LogP contribution is -2.49. The van der Waals surface area contributed by atoms with Gasteiger partial charge in [0.1, 0.15) is 0 Å². The lowest BCUT2D eigenvalue weighted by atomic mass is 10.1. The predicted molar refractivity (Wildman–Crippen MR) is 105 cm³/mol. The average Bonchev–Trinajstić information content (AvgIpc) is 3.15. The summed E-state index contributed by atoms with van der Waals surface area (Å²) in [5.41, 5.74) is 3.17. The highest BCUT2D eigenvalue weighted by atomic mass is 32.1. The summed E-state index contributed by atoms with van der Waals surface area (Å²) >= 11 is 1.73. The van der Waals surface area contributed by atoms with E-state index in [0.717, 1.165) is 30.2 Å². The first-order valence-corrected chi connectivity index (χ1v) is 9.55. The molecule has 2 aromatic heterocycles. The van der Waals surface area contributed by atoms with Crippen LogP contribution in [0.3, 0.4) is 0 Å². The fourth-order valence-corrected chi connectivity index (χ4v) is 4.01. The minimum absolute atomic E-state index is 0.0903. The molecule has 26 heavy (non-hydrogen) atoms. The van der Waals surface area contributed by atoms with Gasteiger partial charge in [0, 0.05) is 49.0 Å². The molecule has 0 radical (unpaired) electrons. The van der Waals surface area contributed by atoms with Crippen LogP contribution in [-0.2, 0) is 0 Å². The summed E-state index contributed by atoms with van der Waals surface area (Å²) in [6.07, 6.45) is 3.49. The normalized spacial score (nSPS) is 14.5. The number of piperazine rings is 1. The molecule has 3 aromatic rings. The van der Waals surface area contributed by atoms with Crippen LogP contribution in [0.25, 0.3) is 10.4 Å². The van der Waals surface area contributed by atoms with E-state index in [1.165, 1.54) is 10.4 Å². The van der Waals surface area contributed by atoms with Crippen LogP contribution in [0.4, 0.5) is 5.95 Å². The minimum Gasteiger partial charge on any atom is -0.337 e. The van der Waals surface area contributed by atoms with Crippen molar-refractivity contribution in [3.63, 3.8) is 0 Å². The number of hydrogen-bond donors (Lipinski definition) is 0. The first-order valence-electron chi connectivity index (χ1n) is 8.67. The molecule has 0 saturated carbocycles. The van der Waals surface area contributed by atoms with E-state index in [4.69, 9.17) is 0 Å². The second-order valence-corrected chi connectivity index (χ2v) is 7.30. The number of hydrogen-bond acceptors (Lipinski definition) is 5. The van der Waals surface area contributed by atoms with Crippen molar-refractivity contribution in [2.24, 2.45) is 0 Å². The van der Waals surface area contributed by atoms with Gasteiger partial charge in [0.25, 0.3) is 5.91 Å². The summed E-state index contributed by atoms with van der Waals surface area (Å²) in [5.74, 6) is 0.822. The molecule has 0 spiro atoms. The van der Waals surface area contributed by atoms with Crippen molar-refractivity contribution >= 4 is 23.2 Å². The van der Waals surface area contributed by atoms with Crippen molar-refractivity contribution in [1.82, 2.24) is 14.9 Å². The SMILES string of the molecule is Cc1csc(-c2ccc(C(=O)N3CCN(c4ncccn4)CC3)cc2)c1. The largest absolute Gasteiger partial charge is 0.337 e. The van der Waals surface area contributed by atoms with Crippen LogP contribution in [0, 0.1) is 6.92 Å². The molecule has 0 unspecified atom stereocenters. The standard InChI is InChI=1S/C20H20N4OS/c1-15-13-18(26-14-15)16-3-5-17(6-4-16)19(25)23-9-11-24(12-10-23)20-21-7-2-8-22-20/h2-8,13-14H,9-12H2,1H3. The number of aryl methyl sites for hydroxylation is 1. The Balaban J connectivity index is 1.40. The van der Waals surface area contributed by atoms with Gasteiger partial charge in [-0.2, -0.15) is 0 Å². The zero-order chi connectivity index (χ0) is 17.9. The third-order valence-corrected chi connectivity index (χ3v) is 5.65. The summed E-state index contributed by atoms with van der Waals surface area (Å²) in [7, 11) is 0. The van der Waals surface area contributed by atoms with E-state index in [1.807, 2.05) is 35.2 Å². The lowest BCUT2D eigenvalue weighted by molar-refractivity contribution is 0.0746. The highest BCUT2D eigenvalue weighted by molar-refractivity contribution is 7.13. The van der Waals surface area contributed by atoms with Gasteiger partial charge in [-0.3, -0.25) is 4.79 Å². The van der Waals surface area contributed by atoms with Gasteiger partial charge >= 0.3 is 0 Å². The molecule has 1 aromatic carbocycles. The highest BCUT2D eigenvalue weighted by Gasteiger charge is 2.23. The van der Waals surface area contributed by atoms with E-state index in [0.29, 0.717) is 13.1 Å². The van der Waals surface area contributed by atoms with Crippen LogP contribution in [0.1, 0.15) is 15.9 Å². The molecule has 1 fully saturated rings. The Morgan fingerprint density at radius 2 is 1.73 bits per heavy atom. The number of carbonyl (C=O) groups is 1. The maximum atomic E-state index is 12.8. The van der Waals surface area contributed by atoms with E-state index in [-0.39, 0.29) is 5.91 Å². The third kappa shape index (κ3) is 3.46. The number of thiophene rings is 1. The van der Waals surface area contributed by atoms with E-state index in [1.54, 1.807) is 23.7 Å². The number of nitrogens with zero attached hydrogens (tertiary/aromatic N) is 4. The molecule has 4 rings (SSSR count). The molecule has 6 heteroatoms. The van der Waals surface area contributed by atoms with Crippen molar-refractivity contribution in [3.8, 4) is 10.4 Å².